The van der Waals surface area contributed by atoms with Crippen molar-refractivity contribution in [2.75, 3.05) is 5.43 Å². The van der Waals surface area contributed by atoms with Crippen molar-refractivity contribution in [1.82, 2.24) is 9.66 Å². The van der Waals surface area contributed by atoms with Crippen LogP contribution in [0.25, 0.3) is 26.7 Å². The number of carbonyl (C=O) groups excluding carboxylic acids is 1. The van der Waals surface area contributed by atoms with Gasteiger partial charge in [0.15, 0.2) is 0 Å². The minimum absolute atomic E-state index is 0.279. The molecule has 0 saturated heterocycles. The molecule has 1 N–H and O–H groups in total. The van der Waals surface area contributed by atoms with Crippen LogP contribution < -0.4 is 11.0 Å². The zero-order valence-corrected chi connectivity index (χ0v) is 17.9. The minimum atomic E-state index is -0.389. The van der Waals surface area contributed by atoms with E-state index < -0.39 is 0 Å². The van der Waals surface area contributed by atoms with E-state index in [1.165, 1.54) is 22.1 Å². The van der Waals surface area contributed by atoms with Gasteiger partial charge in [0, 0.05) is 20.3 Å². The second-order valence-electron chi connectivity index (χ2n) is 5.96. The van der Waals surface area contributed by atoms with E-state index in [2.05, 4.69) is 26.3 Å². The number of hydrogen-bond donors (Lipinski definition) is 1. The van der Waals surface area contributed by atoms with Crippen LogP contribution in [0.4, 0.5) is 0 Å². The molecule has 0 radical (unpaired) electrons. The van der Waals surface area contributed by atoms with Crippen molar-refractivity contribution in [1.29, 1.82) is 0 Å². The third-order valence-electron chi connectivity index (χ3n) is 4.04. The molecule has 5 nitrogen and oxygen atoms in total. The molecule has 140 valence electrons. The lowest BCUT2D eigenvalue weighted by Crippen LogP contribution is -2.34. The lowest BCUT2D eigenvalue weighted by molar-refractivity contribution is -0.112. The number of fused-ring (bicyclic) bond motifs is 1. The monoisotopic (exact) mass is 471 g/mol. The van der Waals surface area contributed by atoms with Gasteiger partial charge in [-0.05, 0) is 54.3 Å². The highest BCUT2D eigenvalue weighted by molar-refractivity contribution is 9.10. The number of hydrogen-bond acceptors (Lipinski definition) is 5. The third kappa shape index (κ3) is 3.84. The van der Waals surface area contributed by atoms with Crippen molar-refractivity contribution in [3.8, 4) is 10.4 Å². The highest BCUT2D eigenvalue weighted by Crippen LogP contribution is 2.29. The van der Waals surface area contributed by atoms with Gasteiger partial charge in [-0.1, -0.05) is 28.1 Å². The topological polar surface area (TPSA) is 64.0 Å². The molecule has 4 aromatic rings. The average molecular weight is 472 g/mol. The molecule has 8 heteroatoms. The fraction of sp³-hybridized carbons (Fsp3) is 0.0500. The summed E-state index contributed by atoms with van der Waals surface area (Å²) in [5.41, 5.74) is 3.44. The number of halogens is 1. The molecule has 3 aromatic heterocycles. The van der Waals surface area contributed by atoms with Gasteiger partial charge in [0.2, 0.25) is 0 Å². The molecule has 0 atom stereocenters. The maximum Gasteiger partial charge on any atom is 0.281 e. The summed E-state index contributed by atoms with van der Waals surface area (Å²) in [7, 11) is 0. The average Bonchev–Trinajstić information content (AvgIpc) is 3.33. The molecule has 28 heavy (non-hydrogen) atoms. The molecule has 0 fully saturated rings. The van der Waals surface area contributed by atoms with E-state index >= 15 is 0 Å². The van der Waals surface area contributed by atoms with Crippen molar-refractivity contribution in [3.63, 3.8) is 0 Å². The van der Waals surface area contributed by atoms with Crippen LogP contribution in [-0.4, -0.2) is 15.6 Å². The van der Waals surface area contributed by atoms with Crippen LogP contribution in [0.3, 0.4) is 0 Å². The quantitative estimate of drug-likeness (QED) is 0.424. The first kappa shape index (κ1) is 18.8. The molecule has 0 aliphatic carbocycles. The molecule has 1 amide bonds. The van der Waals surface area contributed by atoms with Gasteiger partial charge in [-0.3, -0.25) is 15.0 Å². The predicted molar refractivity (Wildman–Crippen MR) is 119 cm³/mol. The van der Waals surface area contributed by atoms with Crippen LogP contribution in [0, 0.1) is 6.92 Å². The molecule has 3 heterocycles. The maximum atomic E-state index is 12.5. The molecule has 0 saturated carbocycles. The first-order valence-electron chi connectivity index (χ1n) is 8.33. The van der Waals surface area contributed by atoms with E-state index in [-0.39, 0.29) is 11.5 Å². The second kappa shape index (κ2) is 7.83. The number of nitrogens with one attached hydrogen (secondary N) is 1. The summed E-state index contributed by atoms with van der Waals surface area (Å²) < 4.78 is 2.22. The maximum absolute atomic E-state index is 12.5. The minimum Gasteiger partial charge on any atom is -0.268 e. The lowest BCUT2D eigenvalue weighted by atomic mass is 10.2. The van der Waals surface area contributed by atoms with Crippen LogP contribution >= 0.6 is 38.6 Å². The van der Waals surface area contributed by atoms with Gasteiger partial charge in [-0.15, -0.1) is 22.7 Å². The van der Waals surface area contributed by atoms with E-state index in [1.807, 2.05) is 41.8 Å². The summed E-state index contributed by atoms with van der Waals surface area (Å²) in [5.74, 6) is 0.0514. The van der Waals surface area contributed by atoms with Gasteiger partial charge >= 0.3 is 0 Å². The van der Waals surface area contributed by atoms with Crippen molar-refractivity contribution >= 4 is 60.8 Å². The van der Waals surface area contributed by atoms with Crippen molar-refractivity contribution in [2.24, 2.45) is 0 Å². The Hall–Kier alpha value is -2.55. The van der Waals surface area contributed by atoms with Gasteiger partial charge in [-0.25, -0.2) is 9.66 Å². The van der Waals surface area contributed by atoms with E-state index in [1.54, 1.807) is 30.4 Å². The lowest BCUT2D eigenvalue weighted by Gasteiger charge is -2.08. The van der Waals surface area contributed by atoms with Crippen LogP contribution in [-0.2, 0) is 4.79 Å². The molecule has 0 spiro atoms. The van der Waals surface area contributed by atoms with Crippen LogP contribution in [0.1, 0.15) is 10.7 Å². The summed E-state index contributed by atoms with van der Waals surface area (Å²) in [6, 6.07) is 13.8. The fourth-order valence-corrected chi connectivity index (χ4v) is 4.64. The number of nitrogens with zero attached hydrogens (tertiary/aromatic N) is 2. The molecule has 0 aliphatic rings. The molecular weight excluding hydrogens is 458 g/mol. The third-order valence-corrected chi connectivity index (χ3v) is 6.48. The van der Waals surface area contributed by atoms with Crippen LogP contribution in [0.15, 0.2) is 63.2 Å². The van der Waals surface area contributed by atoms with Gasteiger partial charge in [0.1, 0.15) is 10.7 Å². The second-order valence-corrected chi connectivity index (χ2v) is 8.88. The Morgan fingerprint density at radius 2 is 1.96 bits per heavy atom. The van der Waals surface area contributed by atoms with Gasteiger partial charge in [0.05, 0.1) is 5.39 Å². The fourth-order valence-electron chi connectivity index (χ4n) is 2.66. The van der Waals surface area contributed by atoms with Gasteiger partial charge in [0.25, 0.3) is 11.5 Å². The number of carbonyl (C=O) groups is 1. The number of thiophene rings is 2. The SMILES string of the molecule is Cc1nc2sccc2c(=O)n1NC(=O)/C=C/c1ccc(-c2ccc(Br)cc2)s1. The Balaban J connectivity index is 1.51. The zero-order valence-electron chi connectivity index (χ0n) is 14.7. The van der Waals surface area contributed by atoms with E-state index in [4.69, 9.17) is 0 Å². The van der Waals surface area contributed by atoms with E-state index in [9.17, 15) is 9.59 Å². The van der Waals surface area contributed by atoms with E-state index in [0.717, 1.165) is 19.8 Å². The highest BCUT2D eigenvalue weighted by atomic mass is 79.9. The Kier molecular flexibility index (Phi) is 5.25. The number of benzene rings is 1. The largest absolute Gasteiger partial charge is 0.281 e. The Labute approximate surface area is 177 Å². The highest BCUT2D eigenvalue weighted by Gasteiger charge is 2.10. The zero-order chi connectivity index (χ0) is 19.7. The van der Waals surface area contributed by atoms with Crippen molar-refractivity contribution in [2.45, 2.75) is 6.92 Å². The van der Waals surface area contributed by atoms with Crippen molar-refractivity contribution in [3.05, 3.63) is 79.4 Å². The Bertz CT molecular complexity index is 1250. The molecular formula is C20H14BrN3O2S2. The van der Waals surface area contributed by atoms with Gasteiger partial charge < -0.3 is 0 Å². The summed E-state index contributed by atoms with van der Waals surface area (Å²) in [6.45, 7) is 1.69. The summed E-state index contributed by atoms with van der Waals surface area (Å²) in [6.07, 6.45) is 3.15. The standard InChI is InChI=1S/C20H14BrN3O2S2/c1-12-22-19-16(10-11-27-19)20(26)24(12)23-18(25)9-7-15-6-8-17(28-15)13-2-4-14(21)5-3-13/h2-11H,1H3,(H,23,25)/b9-7+. The Morgan fingerprint density at radius 1 is 1.18 bits per heavy atom. The number of aromatic nitrogens is 2. The molecule has 0 bridgehead atoms. The van der Waals surface area contributed by atoms with E-state index in [0.29, 0.717) is 16.0 Å². The molecule has 0 aliphatic heterocycles. The predicted octanol–water partition coefficient (Wildman–Crippen LogP) is 5.04. The summed E-state index contributed by atoms with van der Waals surface area (Å²) in [5, 5.41) is 2.31. The summed E-state index contributed by atoms with van der Waals surface area (Å²) in [4.78, 5) is 31.9. The van der Waals surface area contributed by atoms with Crippen LogP contribution in [0.2, 0.25) is 0 Å². The smallest absolute Gasteiger partial charge is 0.268 e. The molecule has 1 aromatic carbocycles. The number of rotatable bonds is 4. The molecule has 4 rings (SSSR count). The molecule has 0 unspecified atom stereocenters. The number of amides is 1. The number of aryl methyl sites for hydroxylation is 1. The van der Waals surface area contributed by atoms with Gasteiger partial charge in [-0.2, -0.15) is 0 Å². The first-order valence-corrected chi connectivity index (χ1v) is 10.8. The van der Waals surface area contributed by atoms with Crippen molar-refractivity contribution < 1.29 is 4.79 Å². The normalized spacial score (nSPS) is 11.4. The Morgan fingerprint density at radius 3 is 2.75 bits per heavy atom. The first-order chi connectivity index (χ1) is 13.5. The summed E-state index contributed by atoms with van der Waals surface area (Å²) >= 11 is 6.42. The van der Waals surface area contributed by atoms with Crippen LogP contribution in [0.5, 0.6) is 0 Å².